The lowest BCUT2D eigenvalue weighted by molar-refractivity contribution is 0.546. The third-order valence-corrected chi connectivity index (χ3v) is 4.21. The van der Waals surface area contributed by atoms with Crippen molar-refractivity contribution in [1.29, 1.82) is 0 Å². The summed E-state index contributed by atoms with van der Waals surface area (Å²) in [5.74, 6) is -0.215. The third-order valence-electron chi connectivity index (χ3n) is 4.21. The molecule has 0 atom stereocenters. The molecule has 0 saturated heterocycles. The minimum Gasteiger partial charge on any atom is -0.254 e. The molecule has 3 heteroatoms. The van der Waals surface area contributed by atoms with E-state index < -0.39 is 5.41 Å². The van der Waals surface area contributed by atoms with Gasteiger partial charge in [-0.2, -0.15) is 0 Å². The van der Waals surface area contributed by atoms with Gasteiger partial charge in [0.25, 0.3) is 0 Å². The number of hydrogen-bond donors (Lipinski definition) is 0. The van der Waals surface area contributed by atoms with Crippen molar-refractivity contribution in [2.45, 2.75) is 19.3 Å². The fourth-order valence-electron chi connectivity index (χ4n) is 3.28. The Kier molecular flexibility index (Phi) is 2.09. The van der Waals surface area contributed by atoms with Crippen molar-refractivity contribution in [3.8, 4) is 11.4 Å². The van der Waals surface area contributed by atoms with Crippen LogP contribution in [0.3, 0.4) is 0 Å². The van der Waals surface area contributed by atoms with Gasteiger partial charge in [-0.3, -0.25) is 9.97 Å². The van der Waals surface area contributed by atoms with Gasteiger partial charge in [0, 0.05) is 28.8 Å². The molecule has 0 N–H and O–H groups in total. The van der Waals surface area contributed by atoms with E-state index in [1.54, 1.807) is 6.20 Å². The second kappa shape index (κ2) is 3.63. The third kappa shape index (κ3) is 1.27. The summed E-state index contributed by atoms with van der Waals surface area (Å²) in [6.07, 6.45) is 3.27. The van der Waals surface area contributed by atoms with E-state index in [2.05, 4.69) is 22.1 Å². The van der Waals surface area contributed by atoms with Crippen LogP contribution in [0, 0.1) is 5.82 Å². The molecule has 0 saturated carbocycles. The van der Waals surface area contributed by atoms with Gasteiger partial charge < -0.3 is 0 Å². The Balaban J connectivity index is 2.29. The summed E-state index contributed by atoms with van der Waals surface area (Å²) in [6, 6.07) is 9.55. The lowest BCUT2D eigenvalue weighted by Gasteiger charge is -2.33. The summed E-state index contributed by atoms with van der Waals surface area (Å²) in [6.45, 7) is 4.09. The van der Waals surface area contributed by atoms with Crippen LogP contribution in [-0.4, -0.2) is 9.97 Å². The number of nitrogens with zero attached hydrogens (tertiary/aromatic N) is 2. The number of benzene rings is 1. The summed E-state index contributed by atoms with van der Waals surface area (Å²) >= 11 is 0. The molecule has 4 rings (SSSR count). The monoisotopic (exact) mass is 264 g/mol. The number of hydrogen-bond acceptors (Lipinski definition) is 2. The Morgan fingerprint density at radius 3 is 2.55 bits per heavy atom. The second-order valence-electron chi connectivity index (χ2n) is 5.70. The predicted octanol–water partition coefficient (Wildman–Crippen LogP) is 4.08. The smallest absolute Gasteiger partial charge is 0.131 e. The van der Waals surface area contributed by atoms with Crippen LogP contribution in [0.15, 0.2) is 42.7 Å². The molecule has 0 fully saturated rings. The van der Waals surface area contributed by atoms with E-state index in [0.717, 1.165) is 22.0 Å². The lowest BCUT2D eigenvalue weighted by atomic mass is 9.71. The fourth-order valence-corrected chi connectivity index (χ4v) is 3.28. The molecule has 3 aromatic rings. The van der Waals surface area contributed by atoms with E-state index in [1.165, 1.54) is 12.3 Å². The Morgan fingerprint density at radius 1 is 0.950 bits per heavy atom. The summed E-state index contributed by atoms with van der Waals surface area (Å²) in [5.41, 5.74) is 2.78. The zero-order valence-corrected chi connectivity index (χ0v) is 11.3. The molecular formula is C17H13FN2. The van der Waals surface area contributed by atoms with Crippen LogP contribution in [0.25, 0.3) is 22.2 Å². The fraction of sp³-hybridized carbons (Fsp3) is 0.176. The van der Waals surface area contributed by atoms with E-state index in [1.807, 2.05) is 26.0 Å². The number of halogens is 1. The van der Waals surface area contributed by atoms with Crippen molar-refractivity contribution in [3.63, 3.8) is 0 Å². The minimum atomic E-state index is -0.413. The Bertz CT molecular complexity index is 847. The van der Waals surface area contributed by atoms with Crippen LogP contribution in [-0.2, 0) is 5.41 Å². The van der Waals surface area contributed by atoms with Gasteiger partial charge in [0.15, 0.2) is 0 Å². The number of pyridine rings is 2. The van der Waals surface area contributed by atoms with Gasteiger partial charge in [-0.05, 0) is 23.1 Å². The van der Waals surface area contributed by atoms with Crippen LogP contribution in [0.4, 0.5) is 4.39 Å². The van der Waals surface area contributed by atoms with Gasteiger partial charge in [-0.25, -0.2) is 4.39 Å². The zero-order chi connectivity index (χ0) is 13.9. The first kappa shape index (κ1) is 11.5. The van der Waals surface area contributed by atoms with Crippen molar-refractivity contribution < 1.29 is 4.39 Å². The summed E-state index contributed by atoms with van der Waals surface area (Å²) < 4.78 is 14.4. The molecule has 98 valence electrons. The molecule has 0 radical (unpaired) electrons. The average molecular weight is 264 g/mol. The quantitative estimate of drug-likeness (QED) is 0.611. The maximum Gasteiger partial charge on any atom is 0.131 e. The topological polar surface area (TPSA) is 25.8 Å². The first-order valence-corrected chi connectivity index (χ1v) is 6.64. The predicted molar refractivity (Wildman–Crippen MR) is 77.1 cm³/mol. The lowest BCUT2D eigenvalue weighted by Crippen LogP contribution is -2.26. The van der Waals surface area contributed by atoms with Gasteiger partial charge in [0.05, 0.1) is 11.4 Å². The van der Waals surface area contributed by atoms with Crippen LogP contribution < -0.4 is 0 Å². The molecule has 1 aromatic carbocycles. The normalized spacial score (nSPS) is 15.2. The van der Waals surface area contributed by atoms with Crippen LogP contribution in [0.5, 0.6) is 0 Å². The van der Waals surface area contributed by atoms with E-state index in [0.29, 0.717) is 11.3 Å². The number of aromatic nitrogens is 2. The van der Waals surface area contributed by atoms with E-state index in [-0.39, 0.29) is 5.82 Å². The van der Waals surface area contributed by atoms with E-state index >= 15 is 0 Å². The first-order valence-electron chi connectivity index (χ1n) is 6.64. The number of fused-ring (bicyclic) bond motifs is 2. The molecule has 1 aliphatic carbocycles. The average Bonchev–Trinajstić information content (AvgIpc) is 2.44. The van der Waals surface area contributed by atoms with Gasteiger partial charge in [0.2, 0.25) is 0 Å². The maximum absolute atomic E-state index is 14.4. The molecule has 2 heterocycles. The maximum atomic E-state index is 14.4. The number of rotatable bonds is 0. The highest BCUT2D eigenvalue weighted by molar-refractivity contribution is 6.00. The van der Waals surface area contributed by atoms with Gasteiger partial charge in [-0.1, -0.05) is 32.0 Å². The Labute approximate surface area is 116 Å². The van der Waals surface area contributed by atoms with Crippen LogP contribution in [0.1, 0.15) is 25.0 Å². The zero-order valence-electron chi connectivity index (χ0n) is 11.3. The minimum absolute atomic E-state index is 0.215. The molecule has 0 amide bonds. The molecule has 0 aliphatic heterocycles. The van der Waals surface area contributed by atoms with Crippen LogP contribution in [0.2, 0.25) is 0 Å². The van der Waals surface area contributed by atoms with Crippen molar-refractivity contribution >= 4 is 10.8 Å². The standard InChI is InChI=1S/C17H13FN2/c1-17(2)11-5-3-4-10-6-8-19-15(13(10)11)16-14(17)12(18)7-9-20-16/h3-9H,1-2H3. The largest absolute Gasteiger partial charge is 0.254 e. The van der Waals surface area contributed by atoms with E-state index in [4.69, 9.17) is 0 Å². The summed E-state index contributed by atoms with van der Waals surface area (Å²) in [7, 11) is 0. The second-order valence-corrected chi connectivity index (χ2v) is 5.70. The molecule has 1 aliphatic rings. The molecule has 2 nitrogen and oxygen atoms in total. The Hall–Kier alpha value is -2.29. The van der Waals surface area contributed by atoms with Crippen LogP contribution >= 0.6 is 0 Å². The summed E-state index contributed by atoms with van der Waals surface area (Å²) in [4.78, 5) is 8.85. The van der Waals surface area contributed by atoms with Crippen molar-refractivity contribution in [3.05, 3.63) is 59.7 Å². The summed E-state index contributed by atoms with van der Waals surface area (Å²) in [5, 5.41) is 2.21. The Morgan fingerprint density at radius 2 is 1.70 bits per heavy atom. The molecule has 20 heavy (non-hydrogen) atoms. The molecule has 0 unspecified atom stereocenters. The van der Waals surface area contributed by atoms with Gasteiger partial charge >= 0.3 is 0 Å². The molecule has 0 spiro atoms. The van der Waals surface area contributed by atoms with Gasteiger partial charge in [0.1, 0.15) is 5.82 Å². The van der Waals surface area contributed by atoms with Gasteiger partial charge in [-0.15, -0.1) is 0 Å². The SMILES string of the molecule is CC1(C)c2c(F)ccnc2-c2nccc3cccc1c23. The van der Waals surface area contributed by atoms with Crippen molar-refractivity contribution in [1.82, 2.24) is 9.97 Å². The molecule has 2 aromatic heterocycles. The molecular weight excluding hydrogens is 251 g/mol. The van der Waals surface area contributed by atoms with E-state index in [9.17, 15) is 4.39 Å². The first-order chi connectivity index (χ1) is 9.60. The highest BCUT2D eigenvalue weighted by atomic mass is 19.1. The highest BCUT2D eigenvalue weighted by Gasteiger charge is 2.37. The van der Waals surface area contributed by atoms with Crippen molar-refractivity contribution in [2.24, 2.45) is 0 Å². The van der Waals surface area contributed by atoms with Crippen molar-refractivity contribution in [2.75, 3.05) is 0 Å². The highest BCUT2D eigenvalue weighted by Crippen LogP contribution is 2.47. The molecule has 0 bridgehead atoms.